The highest BCUT2D eigenvalue weighted by atomic mass is 31.1. The van der Waals surface area contributed by atoms with E-state index in [0.29, 0.717) is 11.3 Å². The predicted molar refractivity (Wildman–Crippen MR) is 55.4 cm³/mol. The maximum atomic E-state index is 3.92. The minimum Gasteiger partial charge on any atom is -0.315 e. The third-order valence-corrected chi connectivity index (χ3v) is 4.03. The summed E-state index contributed by atoms with van der Waals surface area (Å²) in [6.45, 7) is 9.07. The Morgan fingerprint density at radius 3 is 1.73 bits per heavy atom. The van der Waals surface area contributed by atoms with Gasteiger partial charge in [0.25, 0.3) is 0 Å². The first-order chi connectivity index (χ1) is 4.73. The van der Waals surface area contributed by atoms with Gasteiger partial charge in [-0.15, -0.1) is 0 Å². The molecule has 0 aromatic carbocycles. The topological polar surface area (TPSA) is 0 Å². The van der Waals surface area contributed by atoms with Crippen molar-refractivity contribution in [2.75, 3.05) is 14.1 Å². The lowest BCUT2D eigenvalue weighted by Crippen LogP contribution is -2.57. The Hall–Kier alpha value is 0.130. The van der Waals surface area contributed by atoms with Crippen LogP contribution in [-0.4, -0.2) is 36.2 Å². The van der Waals surface area contributed by atoms with Crippen molar-refractivity contribution in [3.05, 3.63) is 0 Å². The van der Waals surface area contributed by atoms with Gasteiger partial charge in [0, 0.05) is 0 Å². The van der Waals surface area contributed by atoms with Gasteiger partial charge in [0.2, 0.25) is 0 Å². The molecule has 0 radical (unpaired) electrons. The van der Waals surface area contributed by atoms with E-state index in [1.807, 2.05) is 0 Å². The van der Waals surface area contributed by atoms with Crippen molar-refractivity contribution < 1.29 is 4.48 Å². The smallest absolute Gasteiger partial charge is 0.126 e. The van der Waals surface area contributed by atoms with E-state index < -0.39 is 0 Å². The van der Waals surface area contributed by atoms with Crippen LogP contribution >= 0.6 is 8.20 Å². The second-order valence-electron chi connectivity index (χ2n) is 4.53. The molecule has 0 fully saturated rings. The molecular formula is C9H21NP+. The highest BCUT2D eigenvalue weighted by molar-refractivity contribution is 7.37. The maximum absolute atomic E-state index is 3.92. The lowest BCUT2D eigenvalue weighted by atomic mass is 10.0. The van der Waals surface area contributed by atoms with Crippen LogP contribution < -0.4 is 0 Å². The first-order valence-corrected chi connectivity index (χ1v) is 5.18. The first-order valence-electron chi connectivity index (χ1n) is 4.03. The number of hydrogen-bond donors (Lipinski definition) is 0. The van der Waals surface area contributed by atoms with Crippen molar-refractivity contribution >= 4 is 14.5 Å². The minimum absolute atomic E-state index is 0.310. The summed E-state index contributed by atoms with van der Waals surface area (Å²) in [7, 11) is 5.76. The SMILES string of the molecule is C=PC(C)[N+](C)(C)C(C)(C)C. The van der Waals surface area contributed by atoms with Crippen molar-refractivity contribution in [1.82, 2.24) is 0 Å². The molecule has 0 rings (SSSR count). The Balaban J connectivity index is 4.58. The monoisotopic (exact) mass is 174 g/mol. The Bertz CT molecular complexity index is 144. The van der Waals surface area contributed by atoms with Crippen molar-refractivity contribution in [1.29, 1.82) is 0 Å². The Kier molecular flexibility index (Phi) is 3.28. The summed E-state index contributed by atoms with van der Waals surface area (Å²) in [5, 5.41) is 0. The molecule has 0 aliphatic rings. The molecule has 0 heterocycles. The molecule has 0 amide bonds. The van der Waals surface area contributed by atoms with E-state index in [-0.39, 0.29) is 0 Å². The zero-order valence-corrected chi connectivity index (χ0v) is 9.57. The molecule has 0 N–H and O–H groups in total. The summed E-state index contributed by atoms with van der Waals surface area (Å²) < 4.78 is 1.03. The fraction of sp³-hybridized carbons (Fsp3) is 0.889. The highest BCUT2D eigenvalue weighted by Crippen LogP contribution is 2.27. The molecule has 0 aromatic heterocycles. The zero-order chi connectivity index (χ0) is 9.28. The summed E-state index contributed by atoms with van der Waals surface area (Å²) >= 11 is 0. The van der Waals surface area contributed by atoms with E-state index in [2.05, 4.69) is 48.1 Å². The Morgan fingerprint density at radius 2 is 1.64 bits per heavy atom. The largest absolute Gasteiger partial charge is 0.315 e. The molecule has 0 aliphatic heterocycles. The molecule has 0 bridgehead atoms. The number of rotatable bonds is 2. The Morgan fingerprint density at radius 1 is 1.27 bits per heavy atom. The minimum atomic E-state index is 0.310. The number of nitrogens with zero attached hydrogens (tertiary/aromatic N) is 1. The van der Waals surface area contributed by atoms with Gasteiger partial charge in [-0.2, -0.15) is 0 Å². The third kappa shape index (κ3) is 2.28. The van der Waals surface area contributed by atoms with E-state index in [9.17, 15) is 0 Å². The molecule has 66 valence electrons. The molecule has 0 aromatic rings. The van der Waals surface area contributed by atoms with Crippen molar-refractivity contribution in [2.45, 2.75) is 39.0 Å². The van der Waals surface area contributed by atoms with Crippen LogP contribution in [-0.2, 0) is 0 Å². The summed E-state index contributed by atoms with van der Waals surface area (Å²) in [4.78, 5) is 0. The summed E-state index contributed by atoms with van der Waals surface area (Å²) in [5.41, 5.74) is 0.310. The molecule has 0 saturated heterocycles. The summed E-state index contributed by atoms with van der Waals surface area (Å²) in [5.74, 6) is 0.606. The van der Waals surface area contributed by atoms with Gasteiger partial charge in [0.1, 0.15) is 5.78 Å². The predicted octanol–water partition coefficient (Wildman–Crippen LogP) is 2.59. The third-order valence-electron chi connectivity index (χ3n) is 2.93. The number of quaternary nitrogens is 1. The van der Waals surface area contributed by atoms with E-state index >= 15 is 0 Å². The van der Waals surface area contributed by atoms with Crippen LogP contribution in [0.2, 0.25) is 0 Å². The molecule has 1 nitrogen and oxygen atoms in total. The van der Waals surface area contributed by atoms with E-state index in [0.717, 1.165) is 4.48 Å². The average Bonchev–Trinajstić information content (AvgIpc) is 1.83. The van der Waals surface area contributed by atoms with Crippen LogP contribution in [0.1, 0.15) is 27.7 Å². The van der Waals surface area contributed by atoms with Gasteiger partial charge in [0.15, 0.2) is 0 Å². The quantitative estimate of drug-likeness (QED) is 0.446. The van der Waals surface area contributed by atoms with E-state index in [4.69, 9.17) is 0 Å². The molecular weight excluding hydrogens is 153 g/mol. The van der Waals surface area contributed by atoms with Crippen LogP contribution in [0.15, 0.2) is 0 Å². The molecule has 11 heavy (non-hydrogen) atoms. The van der Waals surface area contributed by atoms with Gasteiger partial charge in [0.05, 0.1) is 19.6 Å². The van der Waals surface area contributed by atoms with Gasteiger partial charge >= 0.3 is 0 Å². The van der Waals surface area contributed by atoms with E-state index in [1.54, 1.807) is 0 Å². The van der Waals surface area contributed by atoms with Gasteiger partial charge in [-0.25, -0.2) is 0 Å². The fourth-order valence-electron chi connectivity index (χ4n) is 0.765. The van der Waals surface area contributed by atoms with Crippen LogP contribution in [0.25, 0.3) is 0 Å². The molecule has 1 unspecified atom stereocenters. The second-order valence-corrected chi connectivity index (χ2v) is 5.64. The lowest BCUT2D eigenvalue weighted by Gasteiger charge is -2.45. The van der Waals surface area contributed by atoms with Gasteiger partial charge in [-0.3, -0.25) is 0 Å². The normalized spacial score (nSPS) is 16.9. The van der Waals surface area contributed by atoms with Crippen molar-refractivity contribution in [2.24, 2.45) is 0 Å². The molecule has 0 saturated carbocycles. The van der Waals surface area contributed by atoms with Crippen molar-refractivity contribution in [3.8, 4) is 0 Å². The summed E-state index contributed by atoms with van der Waals surface area (Å²) in [6.07, 6.45) is 3.92. The number of hydrogen-bond acceptors (Lipinski definition) is 0. The molecule has 1 atom stereocenters. The standard InChI is InChI=1S/C9H21NP/c1-8(11-7)10(5,6)9(2,3)4/h8H,7H2,1-6H3/q+1. The van der Waals surface area contributed by atoms with Crippen LogP contribution in [0.3, 0.4) is 0 Å². The van der Waals surface area contributed by atoms with Crippen LogP contribution in [0.5, 0.6) is 0 Å². The highest BCUT2D eigenvalue weighted by Gasteiger charge is 2.35. The summed E-state index contributed by atoms with van der Waals surface area (Å²) in [6, 6.07) is 0. The van der Waals surface area contributed by atoms with E-state index in [1.165, 1.54) is 8.20 Å². The van der Waals surface area contributed by atoms with Crippen molar-refractivity contribution in [3.63, 3.8) is 0 Å². The Labute approximate surface area is 72.8 Å². The molecule has 2 heteroatoms. The lowest BCUT2D eigenvalue weighted by molar-refractivity contribution is -0.943. The second kappa shape index (κ2) is 3.25. The molecule has 0 spiro atoms. The van der Waals surface area contributed by atoms with Gasteiger partial charge < -0.3 is 4.48 Å². The van der Waals surface area contributed by atoms with Gasteiger partial charge in [-0.05, 0) is 35.9 Å². The fourth-order valence-corrected chi connectivity index (χ4v) is 1.52. The zero-order valence-electron chi connectivity index (χ0n) is 8.68. The molecule has 0 aliphatic carbocycles. The van der Waals surface area contributed by atoms with Crippen LogP contribution in [0, 0.1) is 0 Å². The van der Waals surface area contributed by atoms with Crippen LogP contribution in [0.4, 0.5) is 0 Å². The first kappa shape index (κ1) is 11.1. The maximum Gasteiger partial charge on any atom is 0.126 e. The average molecular weight is 174 g/mol. The van der Waals surface area contributed by atoms with Gasteiger partial charge in [-0.1, -0.05) is 6.30 Å².